The molecule has 2 rings (SSSR count). The summed E-state index contributed by atoms with van der Waals surface area (Å²) in [5.74, 6) is 0.305. The maximum Gasteiger partial charge on any atom is 0.242 e. The molecule has 3 heteroatoms. The van der Waals surface area contributed by atoms with Crippen molar-refractivity contribution in [3.8, 4) is 0 Å². The Kier molecular flexibility index (Phi) is 3.53. The molecule has 0 aromatic heterocycles. The topological polar surface area (TPSA) is 32.3 Å². The highest BCUT2D eigenvalue weighted by Crippen LogP contribution is 2.26. The highest BCUT2D eigenvalue weighted by atomic mass is 16.2. The zero-order chi connectivity index (χ0) is 11.6. The first-order valence-corrected chi connectivity index (χ1v) is 6.67. The van der Waals surface area contributed by atoms with Crippen LogP contribution >= 0.6 is 0 Å². The van der Waals surface area contributed by atoms with E-state index in [1.54, 1.807) is 0 Å². The van der Waals surface area contributed by atoms with Crippen LogP contribution < -0.4 is 5.32 Å². The van der Waals surface area contributed by atoms with Gasteiger partial charge in [-0.25, -0.2) is 0 Å². The minimum Gasteiger partial charge on any atom is -0.338 e. The van der Waals surface area contributed by atoms with Crippen LogP contribution in [0.4, 0.5) is 0 Å². The Balaban J connectivity index is 2.10. The number of amides is 1. The summed E-state index contributed by atoms with van der Waals surface area (Å²) in [4.78, 5) is 14.6. The molecule has 2 fully saturated rings. The van der Waals surface area contributed by atoms with E-state index in [1.807, 2.05) is 13.8 Å². The lowest BCUT2D eigenvalue weighted by atomic mass is 9.99. The lowest BCUT2D eigenvalue weighted by Crippen LogP contribution is -2.58. The third-order valence-corrected chi connectivity index (χ3v) is 3.95. The summed E-state index contributed by atoms with van der Waals surface area (Å²) in [6.45, 7) is 5.97. The van der Waals surface area contributed by atoms with E-state index in [1.165, 1.54) is 32.1 Å². The summed E-state index contributed by atoms with van der Waals surface area (Å²) < 4.78 is 0. The molecular weight excluding hydrogens is 200 g/mol. The van der Waals surface area contributed by atoms with E-state index in [0.29, 0.717) is 11.9 Å². The molecule has 3 nitrogen and oxygen atoms in total. The zero-order valence-electron chi connectivity index (χ0n) is 10.6. The molecule has 1 saturated heterocycles. The van der Waals surface area contributed by atoms with Crippen LogP contribution in [0.15, 0.2) is 0 Å². The number of carbonyl (C=O) groups is 1. The summed E-state index contributed by atoms with van der Waals surface area (Å²) in [5.41, 5.74) is -0.372. The first-order valence-electron chi connectivity index (χ1n) is 6.67. The normalized spacial score (nSPS) is 27.9. The van der Waals surface area contributed by atoms with Gasteiger partial charge in [-0.15, -0.1) is 0 Å². The fourth-order valence-electron chi connectivity index (χ4n) is 2.91. The van der Waals surface area contributed by atoms with Crippen LogP contribution in [0, 0.1) is 0 Å². The van der Waals surface area contributed by atoms with Crippen LogP contribution in [0.2, 0.25) is 0 Å². The van der Waals surface area contributed by atoms with Gasteiger partial charge in [-0.1, -0.05) is 12.8 Å². The van der Waals surface area contributed by atoms with Crippen molar-refractivity contribution in [2.75, 3.05) is 13.1 Å². The molecular formula is C13H24N2O. The van der Waals surface area contributed by atoms with Crippen molar-refractivity contribution in [3.63, 3.8) is 0 Å². The Morgan fingerprint density at radius 3 is 2.56 bits per heavy atom. The third-order valence-electron chi connectivity index (χ3n) is 3.95. The molecule has 1 aliphatic heterocycles. The van der Waals surface area contributed by atoms with Crippen molar-refractivity contribution in [3.05, 3.63) is 0 Å². The molecule has 2 aliphatic rings. The van der Waals surface area contributed by atoms with Gasteiger partial charge >= 0.3 is 0 Å². The first kappa shape index (κ1) is 11.9. The second-order valence-corrected chi connectivity index (χ2v) is 5.70. The number of carbonyl (C=O) groups excluding carboxylic acids is 1. The summed E-state index contributed by atoms with van der Waals surface area (Å²) in [5, 5.41) is 3.37. The SMILES string of the molecule is CC1(C)NCCCCN(C2CCCC2)C1=O. The molecule has 0 bridgehead atoms. The van der Waals surface area contributed by atoms with Crippen molar-refractivity contribution in [2.24, 2.45) is 0 Å². The second kappa shape index (κ2) is 4.74. The van der Waals surface area contributed by atoms with E-state index in [4.69, 9.17) is 0 Å². The van der Waals surface area contributed by atoms with Gasteiger partial charge in [0.2, 0.25) is 5.91 Å². The molecule has 0 aromatic rings. The van der Waals surface area contributed by atoms with Crippen LogP contribution in [-0.4, -0.2) is 35.5 Å². The van der Waals surface area contributed by atoms with E-state index in [2.05, 4.69) is 10.2 Å². The average molecular weight is 224 g/mol. The minimum absolute atomic E-state index is 0.305. The molecule has 1 heterocycles. The minimum atomic E-state index is -0.372. The number of nitrogens with zero attached hydrogens (tertiary/aromatic N) is 1. The van der Waals surface area contributed by atoms with E-state index >= 15 is 0 Å². The van der Waals surface area contributed by atoms with Gasteiger partial charge in [-0.05, 0) is 46.1 Å². The van der Waals surface area contributed by atoms with Gasteiger partial charge in [0.1, 0.15) is 0 Å². The molecule has 1 aliphatic carbocycles. The van der Waals surface area contributed by atoms with E-state index in [0.717, 1.165) is 19.5 Å². The van der Waals surface area contributed by atoms with Crippen molar-refractivity contribution in [1.82, 2.24) is 10.2 Å². The van der Waals surface area contributed by atoms with Crippen molar-refractivity contribution >= 4 is 5.91 Å². The molecule has 0 unspecified atom stereocenters. The van der Waals surface area contributed by atoms with Crippen LogP contribution in [-0.2, 0) is 4.79 Å². The molecule has 92 valence electrons. The zero-order valence-corrected chi connectivity index (χ0v) is 10.6. The Morgan fingerprint density at radius 2 is 1.88 bits per heavy atom. The summed E-state index contributed by atoms with van der Waals surface area (Å²) in [6.07, 6.45) is 7.33. The summed E-state index contributed by atoms with van der Waals surface area (Å²) in [6, 6.07) is 0.520. The lowest BCUT2D eigenvalue weighted by molar-refractivity contribution is -0.140. The molecule has 0 spiro atoms. The predicted molar refractivity (Wildman–Crippen MR) is 65.3 cm³/mol. The van der Waals surface area contributed by atoms with Crippen LogP contribution in [0.5, 0.6) is 0 Å². The van der Waals surface area contributed by atoms with Gasteiger partial charge in [0.25, 0.3) is 0 Å². The van der Waals surface area contributed by atoms with Gasteiger partial charge in [-0.3, -0.25) is 4.79 Å². The van der Waals surface area contributed by atoms with Crippen molar-refractivity contribution < 1.29 is 4.79 Å². The smallest absolute Gasteiger partial charge is 0.242 e. The molecule has 0 atom stereocenters. The maximum atomic E-state index is 12.5. The van der Waals surface area contributed by atoms with Crippen molar-refractivity contribution in [1.29, 1.82) is 0 Å². The second-order valence-electron chi connectivity index (χ2n) is 5.70. The van der Waals surface area contributed by atoms with Gasteiger partial charge in [-0.2, -0.15) is 0 Å². The molecule has 1 saturated carbocycles. The quantitative estimate of drug-likeness (QED) is 0.738. The van der Waals surface area contributed by atoms with Gasteiger partial charge < -0.3 is 10.2 Å². The van der Waals surface area contributed by atoms with Gasteiger partial charge in [0.05, 0.1) is 5.54 Å². The fraction of sp³-hybridized carbons (Fsp3) is 0.923. The van der Waals surface area contributed by atoms with Crippen LogP contribution in [0.1, 0.15) is 52.4 Å². The van der Waals surface area contributed by atoms with Crippen molar-refractivity contribution in [2.45, 2.75) is 64.0 Å². The standard InChI is InChI=1S/C13H24N2O/c1-13(2)12(16)15(10-6-5-9-14-13)11-7-3-4-8-11/h11,14H,3-10H2,1-2H3. The third kappa shape index (κ3) is 2.40. The molecule has 0 aromatic carbocycles. The maximum absolute atomic E-state index is 12.5. The summed E-state index contributed by atoms with van der Waals surface area (Å²) in [7, 11) is 0. The lowest BCUT2D eigenvalue weighted by Gasteiger charge is -2.38. The molecule has 1 N–H and O–H groups in total. The fourth-order valence-corrected chi connectivity index (χ4v) is 2.91. The number of nitrogens with one attached hydrogen (secondary N) is 1. The Bertz CT molecular complexity index is 257. The molecule has 16 heavy (non-hydrogen) atoms. The number of rotatable bonds is 1. The first-order chi connectivity index (χ1) is 7.61. The monoisotopic (exact) mass is 224 g/mol. The Labute approximate surface area is 98.6 Å². The molecule has 1 amide bonds. The highest BCUT2D eigenvalue weighted by molar-refractivity contribution is 5.85. The van der Waals surface area contributed by atoms with E-state index < -0.39 is 0 Å². The van der Waals surface area contributed by atoms with Gasteiger partial charge in [0.15, 0.2) is 0 Å². The summed E-state index contributed by atoms with van der Waals surface area (Å²) >= 11 is 0. The van der Waals surface area contributed by atoms with E-state index in [9.17, 15) is 4.79 Å². The predicted octanol–water partition coefficient (Wildman–Crippen LogP) is 1.92. The van der Waals surface area contributed by atoms with Crippen LogP contribution in [0.3, 0.4) is 0 Å². The number of hydrogen-bond acceptors (Lipinski definition) is 2. The van der Waals surface area contributed by atoms with Gasteiger partial charge in [0, 0.05) is 12.6 Å². The molecule has 0 radical (unpaired) electrons. The van der Waals surface area contributed by atoms with E-state index in [-0.39, 0.29) is 5.54 Å². The Hall–Kier alpha value is -0.570. The Morgan fingerprint density at radius 1 is 1.19 bits per heavy atom. The highest BCUT2D eigenvalue weighted by Gasteiger charge is 2.36. The largest absolute Gasteiger partial charge is 0.338 e. The van der Waals surface area contributed by atoms with Crippen LogP contribution in [0.25, 0.3) is 0 Å². The number of hydrogen-bond donors (Lipinski definition) is 1. The average Bonchev–Trinajstić information content (AvgIpc) is 2.74.